The summed E-state index contributed by atoms with van der Waals surface area (Å²) in [4.78, 5) is 42.4. The van der Waals surface area contributed by atoms with E-state index in [0.29, 0.717) is 30.0 Å². The molecule has 8 rings (SSSR count). The minimum absolute atomic E-state index is 0.0256. The number of nitrogens with zero attached hydrogens (tertiary/aromatic N) is 8. The number of aromatic amines is 2. The van der Waals surface area contributed by atoms with E-state index >= 15 is 0 Å². The Bertz CT molecular complexity index is 1810. The first kappa shape index (κ1) is 23.7. The molecule has 4 aromatic rings. The lowest BCUT2D eigenvalue weighted by molar-refractivity contribution is 0.0556. The van der Waals surface area contributed by atoms with Crippen molar-refractivity contribution in [1.82, 2.24) is 44.9 Å². The van der Waals surface area contributed by atoms with Gasteiger partial charge in [-0.1, -0.05) is 0 Å². The molecule has 2 unspecified atom stereocenters. The fourth-order valence-corrected chi connectivity index (χ4v) is 6.65. The molecule has 2 fully saturated rings. The van der Waals surface area contributed by atoms with Crippen molar-refractivity contribution in [3.05, 3.63) is 71.0 Å². The van der Waals surface area contributed by atoms with Crippen LogP contribution in [0.25, 0.3) is 16.9 Å². The number of rotatable bonds is 4. The minimum Gasteiger partial charge on any atom is -0.369 e. The third-order valence-electron chi connectivity index (χ3n) is 8.45. The van der Waals surface area contributed by atoms with E-state index in [1.807, 2.05) is 23.1 Å². The van der Waals surface area contributed by atoms with E-state index < -0.39 is 0 Å². The average molecular weight is 548 g/mol. The van der Waals surface area contributed by atoms with Crippen LogP contribution in [0.2, 0.25) is 0 Å². The lowest BCUT2D eigenvalue weighted by atomic mass is 9.84. The second-order valence-electron chi connectivity index (χ2n) is 10.7. The number of amides is 1. The Morgan fingerprint density at radius 3 is 2.78 bits per heavy atom. The van der Waals surface area contributed by atoms with Crippen LogP contribution in [0.4, 0.5) is 5.82 Å². The van der Waals surface area contributed by atoms with Crippen molar-refractivity contribution in [3.8, 4) is 0 Å². The highest BCUT2D eigenvalue weighted by atomic mass is 16.2. The van der Waals surface area contributed by atoms with Crippen LogP contribution in [0.1, 0.15) is 76.0 Å². The van der Waals surface area contributed by atoms with Crippen molar-refractivity contribution >= 4 is 40.6 Å². The summed E-state index contributed by atoms with van der Waals surface area (Å²) in [7, 11) is 0. The van der Waals surface area contributed by atoms with Gasteiger partial charge in [0.25, 0.3) is 5.91 Å². The van der Waals surface area contributed by atoms with E-state index in [2.05, 4.69) is 46.5 Å². The van der Waals surface area contributed by atoms with Gasteiger partial charge in [-0.15, -0.1) is 5.73 Å². The molecule has 13 nitrogen and oxygen atoms in total. The number of ketones is 1. The van der Waals surface area contributed by atoms with Crippen molar-refractivity contribution in [3.63, 3.8) is 0 Å². The van der Waals surface area contributed by atoms with Gasteiger partial charge in [0.2, 0.25) is 5.82 Å². The normalized spacial score (nSPS) is 23.3. The first-order chi connectivity index (χ1) is 20.2. The highest BCUT2D eigenvalue weighted by molar-refractivity contribution is 6.14. The minimum atomic E-state index is -0.121. The third-order valence-corrected chi connectivity index (χ3v) is 8.45. The summed E-state index contributed by atoms with van der Waals surface area (Å²) < 4.78 is 1.72. The van der Waals surface area contributed by atoms with Crippen LogP contribution < -0.4 is 5.32 Å². The molecule has 1 amide bonds. The second-order valence-corrected chi connectivity index (χ2v) is 10.7. The van der Waals surface area contributed by atoms with Crippen LogP contribution in [0, 0.1) is 0 Å². The molecule has 204 valence electrons. The highest BCUT2D eigenvalue weighted by Gasteiger charge is 2.46. The fraction of sp³-hybridized carbons (Fsp3) is 0.321. The number of nitrogens with one attached hydrogen (secondary N) is 3. The van der Waals surface area contributed by atoms with Gasteiger partial charge >= 0.3 is 0 Å². The van der Waals surface area contributed by atoms with E-state index in [1.54, 1.807) is 23.1 Å². The number of allylic oxidation sites excluding steroid dienone is 2. The van der Waals surface area contributed by atoms with Crippen molar-refractivity contribution in [2.75, 3.05) is 11.9 Å². The van der Waals surface area contributed by atoms with Gasteiger partial charge in [-0.2, -0.15) is 19.8 Å². The molecule has 8 heterocycles. The maximum absolute atomic E-state index is 13.3. The van der Waals surface area contributed by atoms with Crippen molar-refractivity contribution in [2.24, 2.45) is 4.99 Å². The van der Waals surface area contributed by atoms with Gasteiger partial charge in [0.05, 0.1) is 34.4 Å². The summed E-state index contributed by atoms with van der Waals surface area (Å²) in [5, 5.41) is 21.6. The van der Waals surface area contributed by atoms with Crippen LogP contribution in [-0.2, 0) is 0 Å². The monoisotopic (exact) mass is 547 g/mol. The van der Waals surface area contributed by atoms with Gasteiger partial charge in [-0.25, -0.2) is 9.97 Å². The average Bonchev–Trinajstić information content (AvgIpc) is 3.79. The number of anilines is 1. The number of carbonyl (C=O) groups excluding carboxylic acids is 2. The van der Waals surface area contributed by atoms with Gasteiger partial charge in [-0.05, 0) is 43.9 Å². The maximum atomic E-state index is 13.3. The molecule has 2 atom stereocenters. The first-order valence-electron chi connectivity index (χ1n) is 13.7. The number of aromatic nitrogens is 8. The number of fused-ring (bicyclic) bond motifs is 5. The number of hydrogen-bond donors (Lipinski definition) is 3. The zero-order valence-corrected chi connectivity index (χ0v) is 21.9. The molecule has 3 N–H and O–H groups in total. The predicted molar refractivity (Wildman–Crippen MR) is 148 cm³/mol. The molecular formula is C28H25N11O2. The smallest absolute Gasteiger partial charge is 0.291 e. The quantitative estimate of drug-likeness (QED) is 0.329. The fourth-order valence-electron chi connectivity index (χ4n) is 6.65. The molecule has 2 bridgehead atoms. The summed E-state index contributed by atoms with van der Waals surface area (Å²) in [5.41, 5.74) is 8.39. The van der Waals surface area contributed by atoms with E-state index in [0.717, 1.165) is 53.9 Å². The molecule has 0 saturated carbocycles. The summed E-state index contributed by atoms with van der Waals surface area (Å²) in [6.45, 7) is 0.538. The van der Waals surface area contributed by atoms with Gasteiger partial charge in [0, 0.05) is 49.0 Å². The third kappa shape index (κ3) is 3.77. The molecule has 4 aromatic heterocycles. The Labute approximate surface area is 233 Å². The largest absolute Gasteiger partial charge is 0.369 e. The highest BCUT2D eigenvalue weighted by Crippen LogP contribution is 2.45. The molecule has 2 saturated heterocycles. The number of H-pyrrole nitrogens is 2. The molecule has 4 aliphatic heterocycles. The van der Waals surface area contributed by atoms with E-state index in [4.69, 9.17) is 4.98 Å². The van der Waals surface area contributed by atoms with Crippen molar-refractivity contribution < 1.29 is 9.59 Å². The zero-order chi connectivity index (χ0) is 27.5. The van der Waals surface area contributed by atoms with Crippen LogP contribution in [0.5, 0.6) is 0 Å². The molecular weight excluding hydrogens is 522 g/mol. The lowest BCUT2D eigenvalue weighted by Crippen LogP contribution is -2.46. The number of piperidine rings is 1. The predicted octanol–water partition coefficient (Wildman–Crippen LogP) is 2.78. The zero-order valence-electron chi connectivity index (χ0n) is 21.9. The lowest BCUT2D eigenvalue weighted by Gasteiger charge is -2.39. The van der Waals surface area contributed by atoms with Gasteiger partial charge in [-0.3, -0.25) is 24.8 Å². The summed E-state index contributed by atoms with van der Waals surface area (Å²) >= 11 is 0. The van der Waals surface area contributed by atoms with Crippen molar-refractivity contribution in [2.45, 2.75) is 50.1 Å². The van der Waals surface area contributed by atoms with Gasteiger partial charge in [0.1, 0.15) is 12.1 Å². The van der Waals surface area contributed by atoms with Crippen LogP contribution in [-0.4, -0.2) is 81.4 Å². The van der Waals surface area contributed by atoms with Gasteiger partial charge in [0.15, 0.2) is 11.4 Å². The summed E-state index contributed by atoms with van der Waals surface area (Å²) in [6, 6.07) is 1.96. The summed E-state index contributed by atoms with van der Waals surface area (Å²) in [6.07, 6.45) is 13.9. The molecule has 0 aliphatic carbocycles. The summed E-state index contributed by atoms with van der Waals surface area (Å²) in [5.74, 6) is 0.904. The Kier molecular flexibility index (Phi) is 5.32. The number of hydrogen-bond acceptors (Lipinski definition) is 9. The Balaban J connectivity index is 1.18. The molecule has 0 radical (unpaired) electrons. The molecule has 13 heteroatoms. The molecule has 0 aromatic carbocycles. The van der Waals surface area contributed by atoms with E-state index in [9.17, 15) is 9.59 Å². The molecule has 41 heavy (non-hydrogen) atoms. The second kappa shape index (κ2) is 9.20. The standard InChI is InChI=1S/C28H25N11O2/c40-22-7-8-29-27-23(22)24(16-10-17-4-5-18(11-16)38(17)28(41)25-31-14-33-37-25)35-26-19(13-34-39(26)27)15-2-1-3-20(30-12-15)21-6-9-32-36-21/h1,3,6,9,12-14,16-18,29H,4-5,7-8,10-11H2,(H,32,36)(H,31,33,37). The number of Topliss-reactive ketones (excluding diaryl/α,β-unsaturated/α-hetero) is 1. The number of carbonyl (C=O) groups is 2. The molecule has 4 aliphatic rings. The Hall–Kier alpha value is -5.16. The Morgan fingerprint density at radius 1 is 1.12 bits per heavy atom. The van der Waals surface area contributed by atoms with Gasteiger partial charge < -0.3 is 10.2 Å². The van der Waals surface area contributed by atoms with Crippen LogP contribution in [0.3, 0.4) is 0 Å². The molecule has 0 spiro atoms. The Morgan fingerprint density at radius 2 is 2.00 bits per heavy atom. The van der Waals surface area contributed by atoms with Crippen LogP contribution >= 0.6 is 0 Å². The topological polar surface area (TPSA) is 162 Å². The van der Waals surface area contributed by atoms with Crippen molar-refractivity contribution in [1.29, 1.82) is 0 Å². The SMILES string of the molecule is O=C1CCNc2c1c(C1CC3CCC(C1)N3C(=O)c1ncn[nH]1)nc1c(C3=C=CC=C(c4ccn[nH]4)N=C3)cnn21. The first-order valence-corrected chi connectivity index (χ1v) is 13.7. The maximum Gasteiger partial charge on any atom is 0.291 e. The van der Waals surface area contributed by atoms with Crippen LogP contribution in [0.15, 0.2) is 47.7 Å². The number of aliphatic imine (C=N–C) groups is 1. The van der Waals surface area contributed by atoms with E-state index in [1.165, 1.54) is 6.33 Å². The van der Waals surface area contributed by atoms with E-state index in [-0.39, 0.29) is 35.5 Å².